The maximum atomic E-state index is 12.6. The highest BCUT2D eigenvalue weighted by atomic mass is 16.3. The van der Waals surface area contributed by atoms with Crippen molar-refractivity contribution in [3.8, 4) is 0 Å². The van der Waals surface area contributed by atoms with Gasteiger partial charge >= 0.3 is 0 Å². The lowest BCUT2D eigenvalue weighted by molar-refractivity contribution is -0.132. The average Bonchev–Trinajstić information content (AvgIpc) is 3.42. The summed E-state index contributed by atoms with van der Waals surface area (Å²) in [5.41, 5.74) is 0. The van der Waals surface area contributed by atoms with E-state index < -0.39 is 36.9 Å². The topological polar surface area (TPSA) is 110 Å². The molecule has 0 heterocycles. The predicted octanol–water partition coefficient (Wildman–Crippen LogP) is 20.7. The number of aliphatic hydroxyl groups is 4. The van der Waals surface area contributed by atoms with E-state index in [1.54, 1.807) is 0 Å². The van der Waals surface area contributed by atoms with E-state index in [-0.39, 0.29) is 0 Å². The third kappa shape index (κ3) is 56.7. The number of aliphatic hydroxyl groups excluding tert-OH is 4. The molecule has 0 radical (unpaired) electrons. The van der Waals surface area contributed by atoms with Gasteiger partial charge in [-0.15, -0.1) is 0 Å². The van der Waals surface area contributed by atoms with Gasteiger partial charge in [-0.3, -0.25) is 4.79 Å². The Morgan fingerprint density at radius 3 is 0.908 bits per heavy atom. The molecule has 6 nitrogen and oxygen atoms in total. The molecule has 4 atom stereocenters. The summed E-state index contributed by atoms with van der Waals surface area (Å²) >= 11 is 0. The Balaban J connectivity index is 3.60. The Bertz CT molecular complexity index is 1290. The number of carbonyl (C=O) groups is 1. The molecule has 0 aliphatic heterocycles. The molecule has 0 saturated carbocycles. The summed E-state index contributed by atoms with van der Waals surface area (Å²) in [6.07, 6.45) is 84.8. The first-order valence-electron chi connectivity index (χ1n) is 33.7. The van der Waals surface area contributed by atoms with Crippen LogP contribution in [0.5, 0.6) is 0 Å². The predicted molar refractivity (Wildman–Crippen MR) is 334 cm³/mol. The maximum Gasteiger partial charge on any atom is 0.249 e. The van der Waals surface area contributed by atoms with Crippen LogP contribution in [0.25, 0.3) is 0 Å². The number of carbonyl (C=O) groups excluding carboxylic acids is 1. The molecule has 76 heavy (non-hydrogen) atoms. The first-order chi connectivity index (χ1) is 37.5. The van der Waals surface area contributed by atoms with Gasteiger partial charge in [-0.25, -0.2) is 0 Å². The quantitative estimate of drug-likeness (QED) is 0.0308. The molecule has 5 N–H and O–H groups in total. The summed E-state index contributed by atoms with van der Waals surface area (Å²) < 4.78 is 0. The molecule has 4 unspecified atom stereocenters. The van der Waals surface area contributed by atoms with E-state index in [1.807, 2.05) is 0 Å². The van der Waals surface area contributed by atoms with Crippen LogP contribution in [-0.4, -0.2) is 57.3 Å². The normalized spacial score (nSPS) is 13.9. The fraction of sp³-hybridized carbons (Fsp3) is 0.843. The molecule has 0 saturated heterocycles. The Labute approximate surface area is 473 Å². The van der Waals surface area contributed by atoms with Crippen molar-refractivity contribution >= 4 is 5.91 Å². The molecule has 0 aliphatic carbocycles. The number of allylic oxidation sites excluding steroid dienone is 10. The average molecular weight is 1070 g/mol. The second-order valence-corrected chi connectivity index (χ2v) is 23.1. The lowest BCUT2D eigenvalue weighted by atomic mass is 10.00. The summed E-state index contributed by atoms with van der Waals surface area (Å²) in [5.74, 6) is -0.597. The van der Waals surface area contributed by atoms with Gasteiger partial charge in [0.15, 0.2) is 0 Å². The molecule has 0 aliphatic rings. The van der Waals surface area contributed by atoms with E-state index >= 15 is 0 Å². The molecule has 1 amide bonds. The van der Waals surface area contributed by atoms with Gasteiger partial charge in [0.1, 0.15) is 12.2 Å². The zero-order chi connectivity index (χ0) is 55.1. The molecule has 0 spiro atoms. The van der Waals surface area contributed by atoms with Crippen molar-refractivity contribution in [1.82, 2.24) is 5.32 Å². The SMILES string of the molecule is CCCCCCCCCCC/C=C/CC/C=C/CC/C=C/CCCC(O)C(O)C(CO)NC(=O)C(O)CCCCCCCCCCCCCCCCCC/C=C\C/C=C\CCCCCCCCCCCCCCCCC. The van der Waals surface area contributed by atoms with Crippen molar-refractivity contribution in [2.24, 2.45) is 0 Å². The minimum Gasteiger partial charge on any atom is -0.394 e. The van der Waals surface area contributed by atoms with Crippen LogP contribution >= 0.6 is 0 Å². The summed E-state index contributed by atoms with van der Waals surface area (Å²) in [6.45, 7) is 4.07. The van der Waals surface area contributed by atoms with Crippen LogP contribution in [0.2, 0.25) is 0 Å². The van der Waals surface area contributed by atoms with Gasteiger partial charge in [0.2, 0.25) is 5.91 Å². The highest BCUT2D eigenvalue weighted by molar-refractivity contribution is 5.80. The number of hydrogen-bond acceptors (Lipinski definition) is 5. The standard InChI is InChI=1S/C70H131NO5/c1-3-5-7-9-11-13-15-17-19-21-23-25-27-28-29-30-31-32-33-34-35-36-37-38-39-40-41-42-44-46-48-50-52-54-56-58-60-62-64-68(74)70(76)71-66(65-72)69(75)67(73)63-61-59-57-55-53-51-49-47-45-43-26-24-22-20-18-16-14-12-10-8-6-4-2/h24,26,31-32,34-35,47,49,55,57,66-69,72-75H,3-23,25,27-30,33,36-46,48,50-54,56,58-65H2,1-2H3,(H,71,76)/b26-24+,32-31-,35-34-,49-47+,57-55+. The minimum atomic E-state index is -1.30. The molecule has 0 aromatic heterocycles. The van der Waals surface area contributed by atoms with Crippen molar-refractivity contribution in [3.05, 3.63) is 60.8 Å². The van der Waals surface area contributed by atoms with Crippen LogP contribution in [0.3, 0.4) is 0 Å². The molecule has 6 heteroatoms. The largest absolute Gasteiger partial charge is 0.394 e. The van der Waals surface area contributed by atoms with Crippen LogP contribution in [0.15, 0.2) is 60.8 Å². The van der Waals surface area contributed by atoms with E-state index in [2.05, 4.69) is 79.9 Å². The first-order valence-corrected chi connectivity index (χ1v) is 33.7. The van der Waals surface area contributed by atoms with Crippen LogP contribution in [0, 0.1) is 0 Å². The van der Waals surface area contributed by atoms with Crippen molar-refractivity contribution in [2.75, 3.05) is 6.61 Å². The van der Waals surface area contributed by atoms with Crippen LogP contribution in [0.1, 0.15) is 348 Å². The van der Waals surface area contributed by atoms with Gasteiger partial charge < -0.3 is 25.7 Å². The third-order valence-corrected chi connectivity index (χ3v) is 15.7. The van der Waals surface area contributed by atoms with E-state index in [9.17, 15) is 25.2 Å². The summed E-state index contributed by atoms with van der Waals surface area (Å²) in [6, 6.07) is -1.01. The van der Waals surface area contributed by atoms with Crippen molar-refractivity contribution in [1.29, 1.82) is 0 Å². The Hall–Kier alpha value is -1.99. The van der Waals surface area contributed by atoms with E-state index in [4.69, 9.17) is 0 Å². The Kier molecular flexibility index (Phi) is 62.2. The number of nitrogens with one attached hydrogen (secondary N) is 1. The lowest BCUT2D eigenvalue weighted by Crippen LogP contribution is -2.53. The van der Waals surface area contributed by atoms with Gasteiger partial charge in [-0.05, 0) is 96.3 Å². The molecule has 0 aromatic rings. The van der Waals surface area contributed by atoms with Gasteiger partial charge in [-0.1, -0.05) is 312 Å². The smallest absolute Gasteiger partial charge is 0.249 e. The minimum absolute atomic E-state index is 0.358. The third-order valence-electron chi connectivity index (χ3n) is 15.7. The highest BCUT2D eigenvalue weighted by Crippen LogP contribution is 2.18. The van der Waals surface area contributed by atoms with Gasteiger partial charge in [0, 0.05) is 0 Å². The van der Waals surface area contributed by atoms with E-state index in [0.29, 0.717) is 19.3 Å². The molecule has 0 aromatic carbocycles. The van der Waals surface area contributed by atoms with Crippen LogP contribution < -0.4 is 5.32 Å². The monoisotopic (exact) mass is 1070 g/mol. The van der Waals surface area contributed by atoms with E-state index in [0.717, 1.165) is 57.8 Å². The fourth-order valence-corrected chi connectivity index (χ4v) is 10.4. The number of rotatable bonds is 62. The molecule has 0 bridgehead atoms. The number of amides is 1. The summed E-state index contributed by atoms with van der Waals surface area (Å²) in [4.78, 5) is 12.6. The number of unbranched alkanes of at least 4 members (excludes halogenated alkanes) is 43. The lowest BCUT2D eigenvalue weighted by Gasteiger charge is -2.27. The summed E-state index contributed by atoms with van der Waals surface area (Å²) in [7, 11) is 0. The van der Waals surface area contributed by atoms with Gasteiger partial charge in [0.05, 0.1) is 18.8 Å². The molecular formula is C70H131NO5. The maximum absolute atomic E-state index is 12.6. The van der Waals surface area contributed by atoms with Gasteiger partial charge in [-0.2, -0.15) is 0 Å². The Morgan fingerprint density at radius 1 is 0.329 bits per heavy atom. The van der Waals surface area contributed by atoms with Crippen molar-refractivity contribution in [2.45, 2.75) is 372 Å². The Morgan fingerprint density at radius 2 is 0.592 bits per heavy atom. The van der Waals surface area contributed by atoms with E-state index in [1.165, 1.54) is 257 Å². The second kappa shape index (κ2) is 63.8. The van der Waals surface area contributed by atoms with Crippen LogP contribution in [0.4, 0.5) is 0 Å². The molecule has 0 rings (SSSR count). The van der Waals surface area contributed by atoms with Crippen molar-refractivity contribution in [3.63, 3.8) is 0 Å². The van der Waals surface area contributed by atoms with Gasteiger partial charge in [0.25, 0.3) is 0 Å². The summed E-state index contributed by atoms with van der Waals surface area (Å²) in [5, 5.41) is 44.1. The zero-order valence-corrected chi connectivity index (χ0v) is 50.8. The fourth-order valence-electron chi connectivity index (χ4n) is 10.4. The second-order valence-electron chi connectivity index (χ2n) is 23.1. The number of hydrogen-bond donors (Lipinski definition) is 5. The van der Waals surface area contributed by atoms with Crippen LogP contribution in [-0.2, 0) is 4.79 Å². The zero-order valence-electron chi connectivity index (χ0n) is 50.8. The highest BCUT2D eigenvalue weighted by Gasteiger charge is 2.28. The molecule has 446 valence electrons. The first kappa shape index (κ1) is 74.0. The molecule has 0 fully saturated rings. The van der Waals surface area contributed by atoms with Crippen molar-refractivity contribution < 1.29 is 25.2 Å². The molecular weight excluding hydrogens is 935 g/mol.